The molecule has 0 radical (unpaired) electrons. The Bertz CT molecular complexity index is 378. The third-order valence-corrected chi connectivity index (χ3v) is 3.23. The van der Waals surface area contributed by atoms with Crippen LogP contribution in [-0.2, 0) is 11.3 Å². The van der Waals surface area contributed by atoms with Crippen LogP contribution in [0.4, 0.5) is 8.78 Å². The van der Waals surface area contributed by atoms with E-state index in [1.165, 1.54) is 18.9 Å². The largest absolute Gasteiger partial charge is 0.378 e. The maximum Gasteiger partial charge on any atom is 0.159 e. The van der Waals surface area contributed by atoms with E-state index in [4.69, 9.17) is 4.74 Å². The topological polar surface area (TPSA) is 21.3 Å². The molecule has 0 spiro atoms. The molecule has 1 aliphatic heterocycles. The third-order valence-electron chi connectivity index (χ3n) is 3.23. The molecule has 1 aromatic carbocycles. The van der Waals surface area contributed by atoms with E-state index in [0.717, 1.165) is 37.6 Å². The maximum absolute atomic E-state index is 13.0. The monoisotopic (exact) mass is 255 g/mol. The normalized spacial score (nSPS) is 20.0. The number of benzene rings is 1. The first-order valence-electron chi connectivity index (χ1n) is 6.52. The van der Waals surface area contributed by atoms with Crippen LogP contribution in [0, 0.1) is 11.6 Å². The van der Waals surface area contributed by atoms with Gasteiger partial charge in [-0.3, -0.25) is 0 Å². The smallest absolute Gasteiger partial charge is 0.159 e. The molecule has 1 unspecified atom stereocenters. The summed E-state index contributed by atoms with van der Waals surface area (Å²) in [6.07, 6.45) is 4.87. The average molecular weight is 255 g/mol. The molecule has 0 amide bonds. The third kappa shape index (κ3) is 4.03. The molecule has 4 heteroatoms. The second kappa shape index (κ2) is 6.81. The summed E-state index contributed by atoms with van der Waals surface area (Å²) >= 11 is 0. The Morgan fingerprint density at radius 3 is 2.83 bits per heavy atom. The molecule has 0 aromatic heterocycles. The Balaban J connectivity index is 1.66. The van der Waals surface area contributed by atoms with Crippen LogP contribution in [0.5, 0.6) is 0 Å². The van der Waals surface area contributed by atoms with E-state index >= 15 is 0 Å². The fraction of sp³-hybridized carbons (Fsp3) is 0.571. The lowest BCUT2D eigenvalue weighted by molar-refractivity contribution is 0.0115. The summed E-state index contributed by atoms with van der Waals surface area (Å²) in [5.74, 6) is -1.58. The van der Waals surface area contributed by atoms with E-state index in [2.05, 4.69) is 5.32 Å². The Labute approximate surface area is 106 Å². The van der Waals surface area contributed by atoms with Crippen molar-refractivity contribution in [2.75, 3.05) is 13.2 Å². The first kappa shape index (κ1) is 13.4. The van der Waals surface area contributed by atoms with Crippen molar-refractivity contribution in [3.05, 3.63) is 35.4 Å². The number of nitrogens with one attached hydrogen (secondary N) is 1. The minimum atomic E-state index is -0.797. The van der Waals surface area contributed by atoms with E-state index in [9.17, 15) is 8.78 Å². The average Bonchev–Trinajstić information content (AvgIpc) is 2.40. The summed E-state index contributed by atoms with van der Waals surface area (Å²) in [6.45, 7) is 2.27. The van der Waals surface area contributed by atoms with Gasteiger partial charge in [0.05, 0.1) is 6.10 Å². The van der Waals surface area contributed by atoms with Gasteiger partial charge in [0.25, 0.3) is 0 Å². The maximum atomic E-state index is 13.0. The molecule has 1 saturated heterocycles. The van der Waals surface area contributed by atoms with Crippen LogP contribution in [0.25, 0.3) is 0 Å². The molecule has 1 N–H and O–H groups in total. The molecule has 1 aromatic rings. The van der Waals surface area contributed by atoms with E-state index in [1.54, 1.807) is 6.07 Å². The van der Waals surface area contributed by atoms with Crippen LogP contribution < -0.4 is 5.32 Å². The summed E-state index contributed by atoms with van der Waals surface area (Å²) in [5, 5.41) is 3.23. The fourth-order valence-corrected chi connectivity index (χ4v) is 2.18. The van der Waals surface area contributed by atoms with Crippen molar-refractivity contribution in [3.63, 3.8) is 0 Å². The molecule has 100 valence electrons. The zero-order valence-electron chi connectivity index (χ0n) is 10.4. The second-order valence-electron chi connectivity index (χ2n) is 4.70. The molecule has 0 saturated carbocycles. The van der Waals surface area contributed by atoms with Crippen molar-refractivity contribution in [3.8, 4) is 0 Å². The van der Waals surface area contributed by atoms with Gasteiger partial charge in [-0.1, -0.05) is 6.07 Å². The minimum absolute atomic E-state index is 0.358. The molecule has 18 heavy (non-hydrogen) atoms. The highest BCUT2D eigenvalue weighted by Gasteiger charge is 2.12. The van der Waals surface area contributed by atoms with Crippen molar-refractivity contribution in [2.45, 2.75) is 38.3 Å². The molecule has 0 bridgehead atoms. The molecule has 2 nitrogen and oxygen atoms in total. The molecular formula is C14H19F2NO. The first-order valence-corrected chi connectivity index (χ1v) is 6.52. The summed E-state index contributed by atoms with van der Waals surface area (Å²) in [4.78, 5) is 0. The van der Waals surface area contributed by atoms with Gasteiger partial charge in [-0.25, -0.2) is 8.78 Å². The van der Waals surface area contributed by atoms with Gasteiger partial charge in [-0.2, -0.15) is 0 Å². The van der Waals surface area contributed by atoms with Crippen molar-refractivity contribution in [2.24, 2.45) is 0 Å². The standard InChI is InChI=1S/C14H19F2NO/c15-13-5-4-11(9-14(13)16)10-17-7-6-12-3-1-2-8-18-12/h4-5,9,12,17H,1-3,6-8,10H2. The number of rotatable bonds is 5. The van der Waals surface area contributed by atoms with Gasteiger partial charge >= 0.3 is 0 Å². The molecule has 0 aliphatic carbocycles. The molecule has 1 fully saturated rings. The van der Waals surface area contributed by atoms with Crippen molar-refractivity contribution < 1.29 is 13.5 Å². The van der Waals surface area contributed by atoms with Gasteiger partial charge in [-0.15, -0.1) is 0 Å². The van der Waals surface area contributed by atoms with E-state index < -0.39 is 11.6 Å². The zero-order chi connectivity index (χ0) is 12.8. The van der Waals surface area contributed by atoms with Crippen LogP contribution in [0.2, 0.25) is 0 Å². The summed E-state index contributed by atoms with van der Waals surface area (Å²) in [5.41, 5.74) is 0.762. The van der Waals surface area contributed by atoms with Crippen molar-refractivity contribution >= 4 is 0 Å². The van der Waals surface area contributed by atoms with Crippen LogP contribution >= 0.6 is 0 Å². The number of ether oxygens (including phenoxy) is 1. The lowest BCUT2D eigenvalue weighted by atomic mass is 10.1. The van der Waals surface area contributed by atoms with Crippen molar-refractivity contribution in [1.29, 1.82) is 0 Å². The highest BCUT2D eigenvalue weighted by molar-refractivity contribution is 5.17. The lowest BCUT2D eigenvalue weighted by Crippen LogP contribution is -2.25. The minimum Gasteiger partial charge on any atom is -0.378 e. The Kier molecular flexibility index (Phi) is 5.08. The van der Waals surface area contributed by atoms with E-state index in [1.807, 2.05) is 0 Å². The highest BCUT2D eigenvalue weighted by atomic mass is 19.2. The summed E-state index contributed by atoms with van der Waals surface area (Å²) in [7, 11) is 0. The quantitative estimate of drug-likeness (QED) is 0.817. The number of hydrogen-bond donors (Lipinski definition) is 1. The zero-order valence-corrected chi connectivity index (χ0v) is 10.4. The first-order chi connectivity index (χ1) is 8.75. The van der Waals surface area contributed by atoms with E-state index in [0.29, 0.717) is 12.6 Å². The van der Waals surface area contributed by atoms with Crippen LogP contribution in [0.3, 0.4) is 0 Å². The number of hydrogen-bond acceptors (Lipinski definition) is 2. The number of halogens is 2. The molecule has 1 heterocycles. The van der Waals surface area contributed by atoms with Gasteiger partial charge in [0.15, 0.2) is 11.6 Å². The molecule has 1 aliphatic rings. The predicted octanol–water partition coefficient (Wildman–Crippen LogP) is 3.01. The predicted molar refractivity (Wildman–Crippen MR) is 66.3 cm³/mol. The molecule has 1 atom stereocenters. The van der Waals surface area contributed by atoms with Gasteiger partial charge < -0.3 is 10.1 Å². The van der Waals surface area contributed by atoms with Gasteiger partial charge in [0.1, 0.15) is 0 Å². The Morgan fingerprint density at radius 2 is 2.11 bits per heavy atom. The van der Waals surface area contributed by atoms with Gasteiger partial charge in [0, 0.05) is 13.2 Å². The SMILES string of the molecule is Fc1ccc(CNCCC2CCCCO2)cc1F. The summed E-state index contributed by atoms with van der Waals surface area (Å²) < 4.78 is 31.3. The molecular weight excluding hydrogens is 236 g/mol. The Morgan fingerprint density at radius 1 is 1.22 bits per heavy atom. The fourth-order valence-electron chi connectivity index (χ4n) is 2.18. The van der Waals surface area contributed by atoms with Gasteiger partial charge in [-0.05, 0) is 49.9 Å². The van der Waals surface area contributed by atoms with Crippen molar-refractivity contribution in [1.82, 2.24) is 5.32 Å². The molecule has 2 rings (SSSR count). The van der Waals surface area contributed by atoms with Crippen LogP contribution in [-0.4, -0.2) is 19.3 Å². The summed E-state index contributed by atoms with van der Waals surface area (Å²) in [6, 6.07) is 4.00. The highest BCUT2D eigenvalue weighted by Crippen LogP contribution is 2.15. The lowest BCUT2D eigenvalue weighted by Gasteiger charge is -2.22. The van der Waals surface area contributed by atoms with Crippen LogP contribution in [0.15, 0.2) is 18.2 Å². The Hall–Kier alpha value is -1.00. The van der Waals surface area contributed by atoms with E-state index in [-0.39, 0.29) is 0 Å². The second-order valence-corrected chi connectivity index (χ2v) is 4.70. The van der Waals surface area contributed by atoms with Gasteiger partial charge in [0.2, 0.25) is 0 Å². The van der Waals surface area contributed by atoms with Crippen LogP contribution in [0.1, 0.15) is 31.2 Å².